The van der Waals surface area contributed by atoms with Gasteiger partial charge in [-0.2, -0.15) is 0 Å². The average molecular weight is 258 g/mol. The normalized spacial score (nSPS) is 10.7. The van der Waals surface area contributed by atoms with Crippen molar-refractivity contribution in [3.63, 3.8) is 0 Å². The molecule has 4 nitrogen and oxygen atoms in total. The minimum atomic E-state index is -0.0770. The van der Waals surface area contributed by atoms with Crippen molar-refractivity contribution in [1.82, 2.24) is 10.3 Å². The third-order valence-electron chi connectivity index (χ3n) is 2.88. The average Bonchev–Trinajstić information content (AvgIpc) is 2.91. The van der Waals surface area contributed by atoms with Crippen LogP contribution in [0.25, 0.3) is 0 Å². The number of carbonyl (C=O) groups is 1. The Morgan fingerprint density at radius 2 is 1.84 bits per heavy atom. The number of nitrogens with one attached hydrogen (secondary N) is 3. The molecule has 0 unspecified atom stereocenters. The monoisotopic (exact) mass is 258 g/mol. The van der Waals surface area contributed by atoms with E-state index in [4.69, 9.17) is 0 Å². The molecule has 2 aromatic rings. The number of amides is 1. The Bertz CT molecular complexity index is 515. The molecule has 1 aromatic carbocycles. The summed E-state index contributed by atoms with van der Waals surface area (Å²) < 4.78 is 0. The van der Waals surface area contributed by atoms with Crippen LogP contribution in [-0.4, -0.2) is 25.0 Å². The third kappa shape index (κ3) is 3.96. The second-order valence-corrected chi connectivity index (χ2v) is 4.97. The third-order valence-corrected chi connectivity index (χ3v) is 2.88. The number of hydrogen-bond donors (Lipinski definition) is 3. The standard InChI is InChI=1S/C15H19N3O/c1-18(2)11-13-7-5-12(6-8-13)10-17-15(19)14-4-3-9-16-14/h3-9,16H,10-11H2,1-2H3,(H,17,19)/p+1. The van der Waals surface area contributed by atoms with Crippen molar-refractivity contribution in [1.29, 1.82) is 0 Å². The van der Waals surface area contributed by atoms with E-state index in [0.717, 1.165) is 12.1 Å². The van der Waals surface area contributed by atoms with Crippen LogP contribution in [0.15, 0.2) is 42.6 Å². The molecular formula is C15H20N3O+. The maximum absolute atomic E-state index is 11.7. The molecule has 1 heterocycles. The number of aromatic nitrogens is 1. The summed E-state index contributed by atoms with van der Waals surface area (Å²) in [5.74, 6) is -0.0770. The van der Waals surface area contributed by atoms with Gasteiger partial charge in [0.1, 0.15) is 12.2 Å². The lowest BCUT2D eigenvalue weighted by atomic mass is 10.1. The van der Waals surface area contributed by atoms with Gasteiger partial charge in [0.25, 0.3) is 5.91 Å². The fourth-order valence-corrected chi connectivity index (χ4v) is 1.93. The SMILES string of the molecule is C[NH+](C)Cc1ccc(CNC(=O)c2ccc[nH]2)cc1. The molecular weight excluding hydrogens is 238 g/mol. The van der Waals surface area contributed by atoms with Crippen LogP contribution >= 0.6 is 0 Å². The van der Waals surface area contributed by atoms with Crippen molar-refractivity contribution in [3.05, 3.63) is 59.4 Å². The zero-order chi connectivity index (χ0) is 13.7. The van der Waals surface area contributed by atoms with Gasteiger partial charge >= 0.3 is 0 Å². The summed E-state index contributed by atoms with van der Waals surface area (Å²) in [4.78, 5) is 16.0. The van der Waals surface area contributed by atoms with Gasteiger partial charge in [-0.05, 0) is 17.7 Å². The van der Waals surface area contributed by atoms with Crippen molar-refractivity contribution in [2.75, 3.05) is 14.1 Å². The molecule has 4 heteroatoms. The highest BCUT2D eigenvalue weighted by Crippen LogP contribution is 2.04. The number of rotatable bonds is 5. The minimum Gasteiger partial charge on any atom is -0.357 e. The molecule has 0 atom stereocenters. The molecule has 0 aliphatic heterocycles. The van der Waals surface area contributed by atoms with E-state index < -0.39 is 0 Å². The maximum atomic E-state index is 11.7. The lowest BCUT2D eigenvalue weighted by Gasteiger charge is -2.08. The molecule has 3 N–H and O–H groups in total. The van der Waals surface area contributed by atoms with E-state index in [1.165, 1.54) is 10.5 Å². The minimum absolute atomic E-state index is 0.0770. The zero-order valence-corrected chi connectivity index (χ0v) is 11.4. The van der Waals surface area contributed by atoms with E-state index in [-0.39, 0.29) is 5.91 Å². The first-order chi connectivity index (χ1) is 9.15. The Morgan fingerprint density at radius 3 is 2.42 bits per heavy atom. The Balaban J connectivity index is 1.88. The molecule has 0 saturated carbocycles. The summed E-state index contributed by atoms with van der Waals surface area (Å²) in [7, 11) is 4.26. The number of quaternary nitrogens is 1. The molecule has 19 heavy (non-hydrogen) atoms. The fraction of sp³-hybridized carbons (Fsp3) is 0.267. The van der Waals surface area contributed by atoms with Gasteiger partial charge < -0.3 is 15.2 Å². The van der Waals surface area contributed by atoms with Crippen LogP contribution in [0.3, 0.4) is 0 Å². The highest BCUT2D eigenvalue weighted by molar-refractivity contribution is 5.92. The molecule has 1 amide bonds. The molecule has 100 valence electrons. The van der Waals surface area contributed by atoms with Crippen LogP contribution in [0, 0.1) is 0 Å². The summed E-state index contributed by atoms with van der Waals surface area (Å²) in [6, 6.07) is 11.9. The van der Waals surface area contributed by atoms with Gasteiger partial charge in [-0.15, -0.1) is 0 Å². The quantitative estimate of drug-likeness (QED) is 0.722. The van der Waals surface area contributed by atoms with Gasteiger partial charge in [-0.25, -0.2) is 0 Å². The van der Waals surface area contributed by atoms with Gasteiger partial charge in [0, 0.05) is 18.3 Å². The van der Waals surface area contributed by atoms with E-state index >= 15 is 0 Å². The molecule has 0 saturated heterocycles. The molecule has 0 aliphatic carbocycles. The van der Waals surface area contributed by atoms with Crippen LogP contribution in [0.1, 0.15) is 21.6 Å². The topological polar surface area (TPSA) is 49.3 Å². The van der Waals surface area contributed by atoms with E-state index in [2.05, 4.69) is 48.7 Å². The predicted octanol–water partition coefficient (Wildman–Crippen LogP) is 0.589. The predicted molar refractivity (Wildman–Crippen MR) is 74.9 cm³/mol. The zero-order valence-electron chi connectivity index (χ0n) is 11.4. The maximum Gasteiger partial charge on any atom is 0.267 e. The van der Waals surface area contributed by atoms with E-state index in [9.17, 15) is 4.79 Å². The van der Waals surface area contributed by atoms with Crippen molar-refractivity contribution in [3.8, 4) is 0 Å². The molecule has 0 radical (unpaired) electrons. The Morgan fingerprint density at radius 1 is 1.16 bits per heavy atom. The van der Waals surface area contributed by atoms with Crippen LogP contribution in [-0.2, 0) is 13.1 Å². The number of H-pyrrole nitrogens is 1. The largest absolute Gasteiger partial charge is 0.357 e. The van der Waals surface area contributed by atoms with Crippen molar-refractivity contribution in [2.24, 2.45) is 0 Å². The highest BCUT2D eigenvalue weighted by Gasteiger charge is 2.05. The van der Waals surface area contributed by atoms with E-state index in [0.29, 0.717) is 12.2 Å². The van der Waals surface area contributed by atoms with Crippen molar-refractivity contribution >= 4 is 5.91 Å². The van der Waals surface area contributed by atoms with E-state index in [1.54, 1.807) is 12.3 Å². The number of carbonyl (C=O) groups excluding carboxylic acids is 1. The first-order valence-corrected chi connectivity index (χ1v) is 6.43. The lowest BCUT2D eigenvalue weighted by molar-refractivity contribution is -0.872. The van der Waals surface area contributed by atoms with Gasteiger partial charge in [-0.3, -0.25) is 4.79 Å². The molecule has 0 spiro atoms. The van der Waals surface area contributed by atoms with Gasteiger partial charge in [0.15, 0.2) is 0 Å². The highest BCUT2D eigenvalue weighted by atomic mass is 16.1. The Labute approximate surface area is 113 Å². The lowest BCUT2D eigenvalue weighted by Crippen LogP contribution is -3.04. The van der Waals surface area contributed by atoms with Gasteiger partial charge in [0.2, 0.25) is 0 Å². The number of benzene rings is 1. The first kappa shape index (κ1) is 13.4. The molecule has 1 aromatic heterocycles. The number of aromatic amines is 1. The molecule has 0 bridgehead atoms. The summed E-state index contributed by atoms with van der Waals surface area (Å²) in [5, 5.41) is 2.89. The van der Waals surface area contributed by atoms with Gasteiger partial charge in [-0.1, -0.05) is 24.3 Å². The Hall–Kier alpha value is -2.07. The summed E-state index contributed by atoms with van der Waals surface area (Å²) >= 11 is 0. The van der Waals surface area contributed by atoms with Crippen LogP contribution in [0.4, 0.5) is 0 Å². The van der Waals surface area contributed by atoms with Crippen LogP contribution in [0.5, 0.6) is 0 Å². The van der Waals surface area contributed by atoms with E-state index in [1.807, 2.05) is 6.07 Å². The summed E-state index contributed by atoms with van der Waals surface area (Å²) in [5.41, 5.74) is 3.00. The molecule has 0 aliphatic rings. The van der Waals surface area contributed by atoms with Crippen molar-refractivity contribution in [2.45, 2.75) is 13.1 Å². The van der Waals surface area contributed by atoms with Crippen LogP contribution in [0.2, 0.25) is 0 Å². The molecule has 0 fully saturated rings. The van der Waals surface area contributed by atoms with Crippen LogP contribution < -0.4 is 10.2 Å². The smallest absolute Gasteiger partial charge is 0.267 e. The fourth-order valence-electron chi connectivity index (χ4n) is 1.93. The van der Waals surface area contributed by atoms with Crippen molar-refractivity contribution < 1.29 is 9.69 Å². The van der Waals surface area contributed by atoms with Gasteiger partial charge in [0.05, 0.1) is 14.1 Å². The Kier molecular flexibility index (Phi) is 4.36. The summed E-state index contributed by atoms with van der Waals surface area (Å²) in [6.45, 7) is 1.56. The first-order valence-electron chi connectivity index (χ1n) is 6.43. The number of hydrogen-bond acceptors (Lipinski definition) is 1. The molecule has 2 rings (SSSR count). The second-order valence-electron chi connectivity index (χ2n) is 4.97. The summed E-state index contributed by atoms with van der Waals surface area (Å²) in [6.07, 6.45) is 1.74. The second kappa shape index (κ2) is 6.20.